The number of ketones is 1. The van der Waals surface area contributed by atoms with Gasteiger partial charge in [-0.15, -0.1) is 0 Å². The van der Waals surface area contributed by atoms with E-state index in [1.54, 1.807) is 25.1 Å². The molecule has 2 heterocycles. The number of fused-ring (bicyclic) bond motifs is 1. The van der Waals surface area contributed by atoms with E-state index in [2.05, 4.69) is 10.3 Å². The molecule has 0 bridgehead atoms. The zero-order chi connectivity index (χ0) is 17.3. The minimum Gasteiger partial charge on any atom is -0.460 e. The molecule has 2 aromatic heterocycles. The number of hydrogen-bond donors (Lipinski definition) is 3. The maximum absolute atomic E-state index is 12.7. The number of benzene rings is 1. The lowest BCUT2D eigenvalue weighted by molar-refractivity contribution is -0.115. The van der Waals surface area contributed by atoms with Crippen LogP contribution in [0.5, 0.6) is 0 Å². The molecular formula is C17H15ClN2O4. The number of aromatic nitrogens is 1. The summed E-state index contributed by atoms with van der Waals surface area (Å²) in [6.07, 6.45) is 1.60. The normalized spacial score (nSPS) is 11.0. The number of rotatable bonds is 5. The molecule has 1 amide bonds. The second-order valence-corrected chi connectivity index (χ2v) is 5.71. The topological polar surface area (TPSA) is 95.3 Å². The Kier molecular flexibility index (Phi) is 4.42. The molecule has 0 saturated carbocycles. The average Bonchev–Trinajstić information content (AvgIpc) is 3.19. The fourth-order valence-corrected chi connectivity index (χ4v) is 2.57. The summed E-state index contributed by atoms with van der Waals surface area (Å²) >= 11 is 5.99. The molecule has 0 aliphatic rings. The van der Waals surface area contributed by atoms with E-state index in [1.165, 1.54) is 12.3 Å². The van der Waals surface area contributed by atoms with Gasteiger partial charge in [0.2, 0.25) is 11.7 Å². The Labute approximate surface area is 142 Å². The van der Waals surface area contributed by atoms with Crippen molar-refractivity contribution in [1.82, 2.24) is 4.98 Å². The SMILES string of the molecule is CCC(=O)Nc1c(C(=O)c2cc(CO)co2)[nH]c2cc(Cl)ccc12. The highest BCUT2D eigenvalue weighted by atomic mass is 35.5. The van der Waals surface area contributed by atoms with Gasteiger partial charge in [0.05, 0.1) is 18.6 Å². The molecule has 0 fully saturated rings. The Morgan fingerprint density at radius 3 is 2.79 bits per heavy atom. The number of aliphatic hydroxyl groups excluding tert-OH is 1. The molecular weight excluding hydrogens is 332 g/mol. The van der Waals surface area contributed by atoms with E-state index in [4.69, 9.17) is 21.1 Å². The number of H-pyrrole nitrogens is 1. The Hall–Kier alpha value is -2.57. The van der Waals surface area contributed by atoms with E-state index in [1.807, 2.05) is 0 Å². The highest BCUT2D eigenvalue weighted by molar-refractivity contribution is 6.31. The van der Waals surface area contributed by atoms with E-state index in [0.29, 0.717) is 27.2 Å². The predicted octanol–water partition coefficient (Wildman–Crippen LogP) is 3.49. The summed E-state index contributed by atoms with van der Waals surface area (Å²) in [5, 5.41) is 13.0. The Balaban J connectivity index is 2.12. The molecule has 1 aromatic carbocycles. The molecule has 7 heteroatoms. The number of nitrogens with one attached hydrogen (secondary N) is 2. The molecule has 24 heavy (non-hydrogen) atoms. The number of carbonyl (C=O) groups excluding carboxylic acids is 2. The summed E-state index contributed by atoms with van der Waals surface area (Å²) < 4.78 is 5.21. The Morgan fingerprint density at radius 2 is 2.12 bits per heavy atom. The first-order chi connectivity index (χ1) is 11.5. The quantitative estimate of drug-likeness (QED) is 0.616. The van der Waals surface area contributed by atoms with E-state index < -0.39 is 5.78 Å². The molecule has 124 valence electrons. The standard InChI is InChI=1S/C17H15ClN2O4/c1-2-14(22)20-15-11-4-3-10(18)6-12(11)19-16(15)17(23)13-5-9(7-21)8-24-13/h3-6,8,19,21H,2,7H2,1H3,(H,20,22). The van der Waals surface area contributed by atoms with Gasteiger partial charge in [-0.25, -0.2) is 0 Å². The van der Waals surface area contributed by atoms with Crippen LogP contribution in [0.15, 0.2) is 34.9 Å². The van der Waals surface area contributed by atoms with Crippen LogP contribution in [-0.4, -0.2) is 21.8 Å². The van der Waals surface area contributed by atoms with Crippen LogP contribution in [0.4, 0.5) is 5.69 Å². The van der Waals surface area contributed by atoms with Gasteiger partial charge in [-0.1, -0.05) is 18.5 Å². The summed E-state index contributed by atoms with van der Waals surface area (Å²) in [5.41, 5.74) is 1.72. The summed E-state index contributed by atoms with van der Waals surface area (Å²) in [6, 6.07) is 6.56. The molecule has 3 rings (SSSR count). The van der Waals surface area contributed by atoms with Crippen molar-refractivity contribution in [1.29, 1.82) is 0 Å². The zero-order valence-corrected chi connectivity index (χ0v) is 13.6. The molecule has 0 radical (unpaired) electrons. The van der Waals surface area contributed by atoms with Crippen LogP contribution in [0.3, 0.4) is 0 Å². The summed E-state index contributed by atoms with van der Waals surface area (Å²) in [6.45, 7) is 1.50. The number of amides is 1. The lowest BCUT2D eigenvalue weighted by Crippen LogP contribution is -2.13. The van der Waals surface area contributed by atoms with Crippen molar-refractivity contribution in [3.05, 3.63) is 52.6 Å². The highest BCUT2D eigenvalue weighted by Gasteiger charge is 2.23. The Bertz CT molecular complexity index is 926. The minimum atomic E-state index is -0.423. The van der Waals surface area contributed by atoms with Gasteiger partial charge in [-0.3, -0.25) is 9.59 Å². The fourth-order valence-electron chi connectivity index (χ4n) is 2.40. The van der Waals surface area contributed by atoms with Crippen LogP contribution in [-0.2, 0) is 11.4 Å². The fraction of sp³-hybridized carbons (Fsp3) is 0.176. The zero-order valence-electron chi connectivity index (χ0n) is 12.9. The van der Waals surface area contributed by atoms with Crippen molar-refractivity contribution in [2.24, 2.45) is 0 Å². The third-order valence-electron chi connectivity index (χ3n) is 3.63. The lowest BCUT2D eigenvalue weighted by atomic mass is 10.1. The van der Waals surface area contributed by atoms with Crippen LogP contribution in [0, 0.1) is 0 Å². The number of furan rings is 1. The second-order valence-electron chi connectivity index (χ2n) is 5.27. The number of aromatic amines is 1. The molecule has 3 aromatic rings. The number of hydrogen-bond acceptors (Lipinski definition) is 4. The smallest absolute Gasteiger partial charge is 0.246 e. The first-order valence-corrected chi connectivity index (χ1v) is 7.75. The molecule has 0 saturated heterocycles. The highest BCUT2D eigenvalue weighted by Crippen LogP contribution is 2.31. The maximum atomic E-state index is 12.7. The third-order valence-corrected chi connectivity index (χ3v) is 3.87. The number of aliphatic hydroxyl groups is 1. The van der Waals surface area contributed by atoms with Gasteiger partial charge in [-0.05, 0) is 24.3 Å². The van der Waals surface area contributed by atoms with Gasteiger partial charge in [0, 0.05) is 27.9 Å². The van der Waals surface area contributed by atoms with Crippen molar-refractivity contribution in [3.8, 4) is 0 Å². The monoisotopic (exact) mass is 346 g/mol. The molecule has 0 spiro atoms. The van der Waals surface area contributed by atoms with Gasteiger partial charge < -0.3 is 19.8 Å². The Morgan fingerprint density at radius 1 is 1.33 bits per heavy atom. The van der Waals surface area contributed by atoms with Crippen LogP contribution in [0.2, 0.25) is 5.02 Å². The van der Waals surface area contributed by atoms with Gasteiger partial charge in [0.25, 0.3) is 0 Å². The van der Waals surface area contributed by atoms with Crippen molar-refractivity contribution in [2.45, 2.75) is 20.0 Å². The number of anilines is 1. The second kappa shape index (κ2) is 6.51. The van der Waals surface area contributed by atoms with Crippen molar-refractivity contribution in [3.63, 3.8) is 0 Å². The molecule has 0 aliphatic carbocycles. The van der Waals surface area contributed by atoms with Gasteiger partial charge in [0.15, 0.2) is 5.76 Å². The van der Waals surface area contributed by atoms with E-state index in [-0.39, 0.29) is 30.4 Å². The van der Waals surface area contributed by atoms with Gasteiger partial charge in [0.1, 0.15) is 5.69 Å². The minimum absolute atomic E-state index is 0.0729. The largest absolute Gasteiger partial charge is 0.460 e. The van der Waals surface area contributed by atoms with E-state index in [9.17, 15) is 9.59 Å². The third kappa shape index (κ3) is 2.93. The number of halogens is 1. The van der Waals surface area contributed by atoms with E-state index in [0.717, 1.165) is 0 Å². The van der Waals surface area contributed by atoms with Crippen molar-refractivity contribution >= 4 is 39.9 Å². The van der Waals surface area contributed by atoms with Crippen molar-refractivity contribution in [2.75, 3.05) is 5.32 Å². The van der Waals surface area contributed by atoms with Crippen LogP contribution in [0.25, 0.3) is 10.9 Å². The molecule has 0 atom stereocenters. The number of carbonyl (C=O) groups is 2. The van der Waals surface area contributed by atoms with Gasteiger partial charge in [-0.2, -0.15) is 0 Å². The summed E-state index contributed by atoms with van der Waals surface area (Å²) in [5.74, 6) is -0.562. The lowest BCUT2D eigenvalue weighted by Gasteiger charge is -2.05. The maximum Gasteiger partial charge on any atom is 0.246 e. The van der Waals surface area contributed by atoms with Crippen LogP contribution < -0.4 is 5.32 Å². The molecule has 6 nitrogen and oxygen atoms in total. The van der Waals surface area contributed by atoms with E-state index >= 15 is 0 Å². The van der Waals surface area contributed by atoms with Crippen LogP contribution >= 0.6 is 11.6 Å². The average molecular weight is 347 g/mol. The first kappa shape index (κ1) is 16.3. The molecule has 0 unspecified atom stereocenters. The summed E-state index contributed by atoms with van der Waals surface area (Å²) in [4.78, 5) is 27.6. The summed E-state index contributed by atoms with van der Waals surface area (Å²) in [7, 11) is 0. The molecule has 0 aliphatic heterocycles. The molecule has 3 N–H and O–H groups in total. The first-order valence-electron chi connectivity index (χ1n) is 7.37. The van der Waals surface area contributed by atoms with Crippen molar-refractivity contribution < 1.29 is 19.1 Å². The van der Waals surface area contributed by atoms with Gasteiger partial charge >= 0.3 is 0 Å². The van der Waals surface area contributed by atoms with Crippen LogP contribution in [0.1, 0.15) is 35.2 Å². The predicted molar refractivity (Wildman–Crippen MR) is 90.3 cm³/mol.